The Morgan fingerprint density at radius 3 is 2.55 bits per heavy atom. The zero-order chi connectivity index (χ0) is 15.0. The van der Waals surface area contributed by atoms with Crippen LogP contribution in [0.3, 0.4) is 0 Å². The number of aromatic nitrogens is 1. The van der Waals surface area contributed by atoms with Gasteiger partial charge >= 0.3 is 0 Å². The maximum Gasteiger partial charge on any atom is 0.137 e. The Hall–Kier alpha value is -1.13. The highest BCUT2D eigenvalue weighted by Gasteiger charge is 2.26. The molecule has 2 atom stereocenters. The van der Waals surface area contributed by atoms with E-state index in [0.717, 1.165) is 24.3 Å². The minimum Gasteiger partial charge on any atom is -0.495 e. The molecule has 20 heavy (non-hydrogen) atoms. The number of nitrogens with one attached hydrogen (secondary N) is 1. The molecule has 1 N–H and O–H groups in total. The van der Waals surface area contributed by atoms with Crippen molar-refractivity contribution in [1.29, 1.82) is 0 Å². The minimum atomic E-state index is 0.125. The lowest BCUT2D eigenvalue weighted by molar-refractivity contribution is 0.00272. The molecule has 0 saturated heterocycles. The Labute approximate surface area is 122 Å². The molecule has 0 aliphatic rings. The Bertz CT molecular complexity index is 382. The van der Waals surface area contributed by atoms with Crippen molar-refractivity contribution in [1.82, 2.24) is 10.3 Å². The molecule has 0 amide bonds. The predicted molar refractivity (Wildman–Crippen MR) is 82.1 cm³/mol. The first-order chi connectivity index (χ1) is 9.63. The highest BCUT2D eigenvalue weighted by Crippen LogP contribution is 2.26. The fourth-order valence-electron chi connectivity index (χ4n) is 2.31. The van der Waals surface area contributed by atoms with Crippen LogP contribution in [0.1, 0.15) is 45.7 Å². The fourth-order valence-corrected chi connectivity index (χ4v) is 2.31. The second kappa shape index (κ2) is 8.93. The molecule has 0 aliphatic carbocycles. The van der Waals surface area contributed by atoms with Crippen LogP contribution < -0.4 is 10.1 Å². The Morgan fingerprint density at radius 2 is 2.00 bits per heavy atom. The lowest BCUT2D eigenvalue weighted by Gasteiger charge is -2.31. The standard InChI is InChI=1S/C16H28N2O2/c1-6-8-18-15(16(12(3)4)20-7-2)13-9-14(19-5)11-17-10-13/h9-12,15-16,18H,6-8H2,1-5H3. The van der Waals surface area contributed by atoms with E-state index in [4.69, 9.17) is 9.47 Å². The van der Waals surface area contributed by atoms with E-state index in [-0.39, 0.29) is 12.1 Å². The third kappa shape index (κ3) is 4.76. The number of methoxy groups -OCH3 is 1. The third-order valence-corrected chi connectivity index (χ3v) is 3.29. The highest BCUT2D eigenvalue weighted by atomic mass is 16.5. The van der Waals surface area contributed by atoms with Crippen molar-refractivity contribution >= 4 is 0 Å². The van der Waals surface area contributed by atoms with Gasteiger partial charge in [-0.15, -0.1) is 0 Å². The van der Waals surface area contributed by atoms with Gasteiger partial charge in [0.1, 0.15) is 5.75 Å². The van der Waals surface area contributed by atoms with Crippen LogP contribution in [-0.2, 0) is 4.74 Å². The van der Waals surface area contributed by atoms with E-state index in [0.29, 0.717) is 12.5 Å². The van der Waals surface area contributed by atoms with Gasteiger partial charge in [0.05, 0.1) is 25.5 Å². The van der Waals surface area contributed by atoms with Crippen molar-refractivity contribution in [2.45, 2.75) is 46.3 Å². The number of hydrogen-bond acceptors (Lipinski definition) is 4. The number of rotatable bonds is 9. The molecule has 114 valence electrons. The van der Waals surface area contributed by atoms with Gasteiger partial charge in [0.25, 0.3) is 0 Å². The van der Waals surface area contributed by atoms with E-state index in [1.807, 2.05) is 19.2 Å². The molecule has 0 aliphatic heterocycles. The fraction of sp³-hybridized carbons (Fsp3) is 0.688. The van der Waals surface area contributed by atoms with Crippen LogP contribution >= 0.6 is 0 Å². The Morgan fingerprint density at radius 1 is 1.25 bits per heavy atom. The van der Waals surface area contributed by atoms with E-state index in [1.54, 1.807) is 13.3 Å². The molecule has 0 radical (unpaired) electrons. The topological polar surface area (TPSA) is 43.4 Å². The molecule has 0 aromatic carbocycles. The van der Waals surface area contributed by atoms with Gasteiger partial charge < -0.3 is 14.8 Å². The van der Waals surface area contributed by atoms with Crippen molar-refractivity contribution in [3.8, 4) is 5.75 Å². The van der Waals surface area contributed by atoms with Crippen LogP contribution in [0.4, 0.5) is 0 Å². The lowest BCUT2D eigenvalue weighted by atomic mass is 9.94. The summed E-state index contributed by atoms with van der Waals surface area (Å²) in [5.41, 5.74) is 1.12. The normalized spacial score (nSPS) is 14.3. The first kappa shape index (κ1) is 16.9. The zero-order valence-corrected chi connectivity index (χ0v) is 13.3. The van der Waals surface area contributed by atoms with Gasteiger partial charge in [-0.25, -0.2) is 0 Å². The van der Waals surface area contributed by atoms with Crippen molar-refractivity contribution in [2.75, 3.05) is 20.3 Å². The smallest absolute Gasteiger partial charge is 0.137 e. The van der Waals surface area contributed by atoms with Gasteiger partial charge in [-0.1, -0.05) is 20.8 Å². The third-order valence-electron chi connectivity index (χ3n) is 3.29. The maximum absolute atomic E-state index is 5.96. The Balaban J connectivity index is 3.01. The van der Waals surface area contributed by atoms with Crippen LogP contribution in [0.25, 0.3) is 0 Å². The molecule has 1 aromatic rings. The quantitative estimate of drug-likeness (QED) is 0.754. The van der Waals surface area contributed by atoms with Crippen LogP contribution in [0.2, 0.25) is 0 Å². The first-order valence-corrected chi connectivity index (χ1v) is 7.47. The summed E-state index contributed by atoms with van der Waals surface area (Å²) >= 11 is 0. The summed E-state index contributed by atoms with van der Waals surface area (Å²) in [6, 6.07) is 2.17. The molecule has 1 aromatic heterocycles. The summed E-state index contributed by atoms with van der Waals surface area (Å²) in [7, 11) is 1.66. The lowest BCUT2D eigenvalue weighted by Crippen LogP contribution is -2.37. The van der Waals surface area contributed by atoms with Crippen molar-refractivity contribution in [3.63, 3.8) is 0 Å². The second-order valence-electron chi connectivity index (χ2n) is 5.25. The summed E-state index contributed by atoms with van der Waals surface area (Å²) in [4.78, 5) is 4.27. The molecular weight excluding hydrogens is 252 g/mol. The number of ether oxygens (including phenoxy) is 2. The summed E-state index contributed by atoms with van der Waals surface area (Å²) in [5.74, 6) is 1.21. The average molecular weight is 280 g/mol. The van der Waals surface area contributed by atoms with Gasteiger partial charge in [0.2, 0.25) is 0 Å². The largest absolute Gasteiger partial charge is 0.495 e. The summed E-state index contributed by atoms with van der Waals surface area (Å²) in [6.07, 6.45) is 4.83. The van der Waals surface area contributed by atoms with Gasteiger partial charge in [-0.2, -0.15) is 0 Å². The van der Waals surface area contributed by atoms with Gasteiger partial charge in [0, 0.05) is 12.8 Å². The van der Waals surface area contributed by atoms with Crippen LogP contribution in [0.5, 0.6) is 5.75 Å². The molecule has 4 nitrogen and oxygen atoms in total. The monoisotopic (exact) mass is 280 g/mol. The average Bonchev–Trinajstić information content (AvgIpc) is 2.46. The number of nitrogens with zero attached hydrogens (tertiary/aromatic N) is 1. The molecule has 2 unspecified atom stereocenters. The van der Waals surface area contributed by atoms with E-state index in [9.17, 15) is 0 Å². The summed E-state index contributed by atoms with van der Waals surface area (Å²) in [5, 5.41) is 3.58. The van der Waals surface area contributed by atoms with Gasteiger partial charge in [-0.3, -0.25) is 4.98 Å². The molecule has 4 heteroatoms. The van der Waals surface area contributed by atoms with Crippen LogP contribution in [0, 0.1) is 5.92 Å². The second-order valence-corrected chi connectivity index (χ2v) is 5.25. The molecule has 0 fully saturated rings. The van der Waals surface area contributed by atoms with Crippen LogP contribution in [0.15, 0.2) is 18.5 Å². The van der Waals surface area contributed by atoms with E-state index in [1.165, 1.54) is 0 Å². The van der Waals surface area contributed by atoms with Crippen molar-refractivity contribution in [2.24, 2.45) is 5.92 Å². The Kier molecular flexibility index (Phi) is 7.55. The zero-order valence-electron chi connectivity index (χ0n) is 13.3. The molecule has 0 spiro atoms. The van der Waals surface area contributed by atoms with Crippen molar-refractivity contribution < 1.29 is 9.47 Å². The van der Waals surface area contributed by atoms with Crippen molar-refractivity contribution in [3.05, 3.63) is 24.0 Å². The highest BCUT2D eigenvalue weighted by molar-refractivity contribution is 5.26. The SMILES string of the molecule is CCCNC(c1cncc(OC)c1)C(OCC)C(C)C. The van der Waals surface area contributed by atoms with Gasteiger partial charge in [0.15, 0.2) is 0 Å². The first-order valence-electron chi connectivity index (χ1n) is 7.47. The molecule has 0 bridgehead atoms. The van der Waals surface area contributed by atoms with E-state index >= 15 is 0 Å². The molecule has 1 rings (SSSR count). The molecule has 1 heterocycles. The predicted octanol–water partition coefficient (Wildman–Crippen LogP) is 3.19. The maximum atomic E-state index is 5.96. The number of pyridine rings is 1. The summed E-state index contributed by atoms with van der Waals surface area (Å²) in [6.45, 7) is 10.3. The molecule has 0 saturated carbocycles. The van der Waals surface area contributed by atoms with Crippen LogP contribution in [-0.4, -0.2) is 31.3 Å². The van der Waals surface area contributed by atoms with E-state index < -0.39 is 0 Å². The summed E-state index contributed by atoms with van der Waals surface area (Å²) < 4.78 is 11.2. The number of hydrogen-bond donors (Lipinski definition) is 1. The van der Waals surface area contributed by atoms with E-state index in [2.05, 4.69) is 31.1 Å². The molecular formula is C16H28N2O2. The minimum absolute atomic E-state index is 0.125. The van der Waals surface area contributed by atoms with Gasteiger partial charge in [-0.05, 0) is 37.4 Å².